The number of benzene rings is 2. The van der Waals surface area contributed by atoms with Gasteiger partial charge in [0.2, 0.25) is 0 Å². The average Bonchev–Trinajstić information content (AvgIpc) is 2.61. The molecule has 0 spiro atoms. The molecule has 24 heavy (non-hydrogen) atoms. The van der Waals surface area contributed by atoms with Crippen LogP contribution in [0.3, 0.4) is 0 Å². The molecule has 7 nitrogen and oxygen atoms in total. The van der Waals surface area contributed by atoms with Crippen molar-refractivity contribution in [2.75, 3.05) is 31.2 Å². The monoisotopic (exact) mass is 331 g/mol. The van der Waals surface area contributed by atoms with Crippen LogP contribution in [-0.4, -0.2) is 41.4 Å². The highest BCUT2D eigenvalue weighted by Crippen LogP contribution is 2.32. The third-order valence-corrected chi connectivity index (χ3v) is 3.78. The van der Waals surface area contributed by atoms with Crippen molar-refractivity contribution >= 4 is 11.4 Å². The first-order valence-electron chi connectivity index (χ1n) is 7.65. The van der Waals surface area contributed by atoms with Crippen LogP contribution in [-0.2, 0) is 6.54 Å². The smallest absolute Gasteiger partial charge is 0.277 e. The van der Waals surface area contributed by atoms with Gasteiger partial charge in [0.15, 0.2) is 0 Å². The summed E-state index contributed by atoms with van der Waals surface area (Å²) in [4.78, 5) is 12.7. The zero-order valence-corrected chi connectivity index (χ0v) is 13.3. The van der Waals surface area contributed by atoms with Crippen LogP contribution in [0.25, 0.3) is 11.1 Å². The van der Waals surface area contributed by atoms with E-state index in [0.717, 1.165) is 11.3 Å². The predicted octanol–water partition coefficient (Wildman–Crippen LogP) is 1.51. The van der Waals surface area contributed by atoms with E-state index in [9.17, 15) is 10.1 Å². The second-order valence-corrected chi connectivity index (χ2v) is 5.29. The minimum absolute atomic E-state index is 0.0201. The van der Waals surface area contributed by atoms with Crippen molar-refractivity contribution < 1.29 is 15.1 Å². The summed E-state index contributed by atoms with van der Waals surface area (Å²) in [7, 11) is 0. The lowest BCUT2D eigenvalue weighted by atomic mass is 10.0. The molecule has 0 aliphatic heterocycles. The molecule has 2 rings (SSSR count). The molecule has 0 aliphatic rings. The molecule has 0 fully saturated rings. The van der Waals surface area contributed by atoms with Crippen LogP contribution in [0.2, 0.25) is 0 Å². The van der Waals surface area contributed by atoms with Crippen molar-refractivity contribution in [3.05, 3.63) is 58.1 Å². The Morgan fingerprint density at radius 1 is 1.04 bits per heavy atom. The quantitative estimate of drug-likeness (QED) is 0.499. The van der Waals surface area contributed by atoms with Crippen molar-refractivity contribution in [1.82, 2.24) is 0 Å². The molecule has 2 aromatic carbocycles. The first-order valence-corrected chi connectivity index (χ1v) is 7.65. The van der Waals surface area contributed by atoms with E-state index >= 15 is 0 Å². The molecule has 0 saturated carbocycles. The molecule has 0 bridgehead atoms. The van der Waals surface area contributed by atoms with E-state index in [1.54, 1.807) is 24.3 Å². The summed E-state index contributed by atoms with van der Waals surface area (Å²) >= 11 is 0. The molecule has 2 aromatic rings. The number of hydrogen-bond acceptors (Lipinski definition) is 6. The van der Waals surface area contributed by atoms with Crippen molar-refractivity contribution in [1.29, 1.82) is 0 Å². The SMILES string of the molecule is NCc1ccc(-c2ccc(N(CCO)CCO)cc2)c([N+](=O)[O-])c1. The average molecular weight is 331 g/mol. The fraction of sp³-hybridized carbons (Fsp3) is 0.294. The highest BCUT2D eigenvalue weighted by Gasteiger charge is 2.16. The van der Waals surface area contributed by atoms with Crippen molar-refractivity contribution in [2.24, 2.45) is 5.73 Å². The van der Waals surface area contributed by atoms with Gasteiger partial charge in [0.1, 0.15) is 0 Å². The Hall–Kier alpha value is -2.48. The predicted molar refractivity (Wildman–Crippen MR) is 92.8 cm³/mol. The van der Waals surface area contributed by atoms with Gasteiger partial charge in [0.25, 0.3) is 5.69 Å². The van der Waals surface area contributed by atoms with Gasteiger partial charge in [-0.05, 0) is 29.3 Å². The number of nitrogens with two attached hydrogens (primary N) is 1. The maximum absolute atomic E-state index is 11.3. The Morgan fingerprint density at radius 3 is 2.17 bits per heavy atom. The molecular weight excluding hydrogens is 310 g/mol. The Kier molecular flexibility index (Phi) is 6.25. The van der Waals surface area contributed by atoms with Crippen LogP contribution in [0, 0.1) is 10.1 Å². The highest BCUT2D eigenvalue weighted by molar-refractivity contribution is 5.75. The summed E-state index contributed by atoms with van der Waals surface area (Å²) in [5.41, 5.74) is 8.37. The third kappa shape index (κ3) is 4.08. The van der Waals surface area contributed by atoms with E-state index in [-0.39, 0.29) is 25.4 Å². The lowest BCUT2D eigenvalue weighted by Crippen LogP contribution is -2.29. The first kappa shape index (κ1) is 17.9. The number of aliphatic hydroxyl groups is 2. The number of nitro benzene ring substituents is 1. The van der Waals surface area contributed by atoms with Crippen LogP contribution in [0.5, 0.6) is 0 Å². The molecule has 0 atom stereocenters. The number of anilines is 1. The number of rotatable bonds is 8. The molecule has 0 aromatic heterocycles. The standard InChI is InChI=1S/C17H21N3O4/c18-12-13-1-6-16(17(11-13)20(23)24)14-2-4-15(5-3-14)19(7-9-21)8-10-22/h1-6,11,21-22H,7-10,12,18H2. The molecule has 0 heterocycles. The second kappa shape index (κ2) is 8.39. The maximum Gasteiger partial charge on any atom is 0.277 e. The highest BCUT2D eigenvalue weighted by atomic mass is 16.6. The Morgan fingerprint density at radius 2 is 1.67 bits per heavy atom. The maximum atomic E-state index is 11.3. The van der Waals surface area contributed by atoms with Gasteiger partial charge in [0, 0.05) is 31.4 Å². The molecule has 0 unspecified atom stereocenters. The van der Waals surface area contributed by atoms with Gasteiger partial charge >= 0.3 is 0 Å². The van der Waals surface area contributed by atoms with E-state index in [1.165, 1.54) is 6.07 Å². The summed E-state index contributed by atoms with van der Waals surface area (Å²) in [5.74, 6) is 0. The lowest BCUT2D eigenvalue weighted by Gasteiger charge is -2.23. The molecule has 0 radical (unpaired) electrons. The van der Waals surface area contributed by atoms with Crippen LogP contribution in [0.15, 0.2) is 42.5 Å². The molecule has 4 N–H and O–H groups in total. The van der Waals surface area contributed by atoms with Gasteiger partial charge in [0.05, 0.1) is 23.7 Å². The Balaban J connectivity index is 2.35. The zero-order chi connectivity index (χ0) is 17.5. The number of nitrogens with zero attached hydrogens (tertiary/aromatic N) is 2. The van der Waals surface area contributed by atoms with E-state index in [2.05, 4.69) is 0 Å². The largest absolute Gasteiger partial charge is 0.395 e. The molecule has 0 aliphatic carbocycles. The first-order chi connectivity index (χ1) is 11.6. The van der Waals surface area contributed by atoms with E-state index in [0.29, 0.717) is 24.2 Å². The van der Waals surface area contributed by atoms with Crippen molar-refractivity contribution in [3.63, 3.8) is 0 Å². The molecule has 0 amide bonds. The fourth-order valence-corrected chi connectivity index (χ4v) is 2.56. The number of nitro groups is 1. The Bertz CT molecular complexity index is 683. The van der Waals surface area contributed by atoms with Gasteiger partial charge in [-0.1, -0.05) is 18.2 Å². The number of aliphatic hydroxyl groups excluding tert-OH is 2. The van der Waals surface area contributed by atoms with Crippen LogP contribution >= 0.6 is 0 Å². The minimum Gasteiger partial charge on any atom is -0.395 e. The topological polar surface area (TPSA) is 113 Å². The normalized spacial score (nSPS) is 10.6. The van der Waals surface area contributed by atoms with Gasteiger partial charge in [-0.15, -0.1) is 0 Å². The van der Waals surface area contributed by atoms with E-state index < -0.39 is 4.92 Å². The summed E-state index contributed by atoms with van der Waals surface area (Å²) in [6.45, 7) is 1.02. The summed E-state index contributed by atoms with van der Waals surface area (Å²) < 4.78 is 0. The fourth-order valence-electron chi connectivity index (χ4n) is 2.56. The number of hydrogen-bond donors (Lipinski definition) is 3. The van der Waals surface area contributed by atoms with Gasteiger partial charge in [-0.3, -0.25) is 10.1 Å². The molecule has 7 heteroatoms. The van der Waals surface area contributed by atoms with E-state index in [4.69, 9.17) is 15.9 Å². The molecule has 128 valence electrons. The van der Waals surface area contributed by atoms with Crippen LogP contribution in [0.4, 0.5) is 11.4 Å². The minimum atomic E-state index is -0.410. The van der Waals surface area contributed by atoms with Crippen LogP contribution in [0.1, 0.15) is 5.56 Å². The Labute approximate surface area is 140 Å². The summed E-state index contributed by atoms with van der Waals surface area (Å²) in [5, 5.41) is 29.5. The zero-order valence-electron chi connectivity index (χ0n) is 13.3. The van der Waals surface area contributed by atoms with Gasteiger partial charge < -0.3 is 20.8 Å². The van der Waals surface area contributed by atoms with Crippen molar-refractivity contribution in [2.45, 2.75) is 6.54 Å². The summed E-state index contributed by atoms with van der Waals surface area (Å²) in [6, 6.07) is 12.2. The van der Waals surface area contributed by atoms with Crippen LogP contribution < -0.4 is 10.6 Å². The second-order valence-electron chi connectivity index (χ2n) is 5.29. The van der Waals surface area contributed by atoms with E-state index in [1.807, 2.05) is 17.0 Å². The molecule has 0 saturated heterocycles. The summed E-state index contributed by atoms with van der Waals surface area (Å²) in [6.07, 6.45) is 0. The third-order valence-electron chi connectivity index (χ3n) is 3.78. The van der Waals surface area contributed by atoms with Gasteiger partial charge in [-0.2, -0.15) is 0 Å². The lowest BCUT2D eigenvalue weighted by molar-refractivity contribution is -0.384. The molecular formula is C17H21N3O4. The van der Waals surface area contributed by atoms with Crippen molar-refractivity contribution in [3.8, 4) is 11.1 Å². The van der Waals surface area contributed by atoms with Gasteiger partial charge in [-0.25, -0.2) is 0 Å².